The fourth-order valence-corrected chi connectivity index (χ4v) is 2.22. The lowest BCUT2D eigenvalue weighted by molar-refractivity contribution is 0.435. The van der Waals surface area contributed by atoms with Crippen molar-refractivity contribution in [3.8, 4) is 11.3 Å². The number of nitrogen functional groups attached to an aromatic ring is 1. The van der Waals surface area contributed by atoms with Gasteiger partial charge >= 0.3 is 0 Å². The molecule has 5 heteroatoms. The van der Waals surface area contributed by atoms with Crippen LogP contribution in [0.1, 0.15) is 0 Å². The first kappa shape index (κ1) is 10.2. The molecule has 1 aromatic heterocycles. The summed E-state index contributed by atoms with van der Waals surface area (Å²) in [6.45, 7) is 0. The zero-order valence-electron chi connectivity index (χ0n) is 7.00. The second-order valence-electron chi connectivity index (χ2n) is 2.69. The van der Waals surface area contributed by atoms with Gasteiger partial charge in [-0.3, -0.25) is 0 Å². The van der Waals surface area contributed by atoms with Gasteiger partial charge in [0.05, 0.1) is 0 Å². The lowest BCUT2D eigenvalue weighted by Gasteiger charge is -1.99. The number of anilines is 1. The van der Waals surface area contributed by atoms with Crippen molar-refractivity contribution in [1.29, 1.82) is 0 Å². The maximum Gasteiger partial charge on any atom is 0.183 e. The molecule has 0 atom stereocenters. The average Bonchev–Trinajstić information content (AvgIpc) is 2.49. The molecule has 1 heterocycles. The predicted octanol–water partition coefficient (Wildman–Crippen LogP) is 3.13. The summed E-state index contributed by atoms with van der Waals surface area (Å²) in [5, 5.41) is 3.73. The number of halogens is 2. The Hall–Kier alpha value is -0.310. The largest absolute Gasteiger partial charge is 0.380 e. The molecule has 3 nitrogen and oxygen atoms in total. The molecule has 0 bridgehead atoms. The summed E-state index contributed by atoms with van der Waals surface area (Å²) in [4.78, 5) is 0. The van der Waals surface area contributed by atoms with Crippen molar-refractivity contribution in [1.82, 2.24) is 5.16 Å². The van der Waals surface area contributed by atoms with E-state index in [2.05, 4.69) is 50.3 Å². The number of nitrogens with zero attached hydrogens (tertiary/aromatic N) is 1. The summed E-state index contributed by atoms with van der Waals surface area (Å²) in [6.07, 6.45) is 0. The SMILES string of the molecule is Nc1noc(-c2ccccc2I)c1I. The van der Waals surface area contributed by atoms with Crippen molar-refractivity contribution < 1.29 is 4.52 Å². The molecule has 0 aliphatic heterocycles. The highest BCUT2D eigenvalue weighted by Gasteiger charge is 2.14. The second kappa shape index (κ2) is 4.05. The molecular formula is C9H6I2N2O. The molecule has 0 amide bonds. The molecule has 0 aliphatic rings. The zero-order valence-corrected chi connectivity index (χ0v) is 11.3. The van der Waals surface area contributed by atoms with E-state index in [9.17, 15) is 0 Å². The predicted molar refractivity (Wildman–Crippen MR) is 71.8 cm³/mol. The van der Waals surface area contributed by atoms with Crippen molar-refractivity contribution in [3.63, 3.8) is 0 Å². The van der Waals surface area contributed by atoms with Crippen molar-refractivity contribution in [3.05, 3.63) is 31.4 Å². The number of rotatable bonds is 1. The van der Waals surface area contributed by atoms with Gasteiger partial charge in [0, 0.05) is 9.13 Å². The number of hydrogen-bond acceptors (Lipinski definition) is 3. The highest BCUT2D eigenvalue weighted by Crippen LogP contribution is 2.31. The van der Waals surface area contributed by atoms with Crippen molar-refractivity contribution >= 4 is 51.0 Å². The van der Waals surface area contributed by atoms with E-state index in [1.54, 1.807) is 0 Å². The van der Waals surface area contributed by atoms with Gasteiger partial charge in [-0.25, -0.2) is 0 Å². The minimum absolute atomic E-state index is 0.445. The molecule has 0 saturated carbocycles. The van der Waals surface area contributed by atoms with Crippen LogP contribution in [0.25, 0.3) is 11.3 Å². The van der Waals surface area contributed by atoms with E-state index in [4.69, 9.17) is 10.3 Å². The number of aromatic nitrogens is 1. The van der Waals surface area contributed by atoms with E-state index in [1.165, 1.54) is 0 Å². The molecule has 2 rings (SSSR count). The molecule has 0 fully saturated rings. The van der Waals surface area contributed by atoms with Crippen molar-refractivity contribution in [2.45, 2.75) is 0 Å². The Morgan fingerprint density at radius 1 is 1.21 bits per heavy atom. The van der Waals surface area contributed by atoms with Gasteiger partial charge in [0.1, 0.15) is 3.57 Å². The van der Waals surface area contributed by atoms with E-state index in [0.717, 1.165) is 18.5 Å². The Kier molecular flexibility index (Phi) is 2.96. The number of hydrogen-bond donors (Lipinski definition) is 1. The van der Waals surface area contributed by atoms with Gasteiger partial charge in [-0.05, 0) is 51.2 Å². The van der Waals surface area contributed by atoms with Crippen LogP contribution in [0.5, 0.6) is 0 Å². The molecule has 2 N–H and O–H groups in total. The molecule has 1 aromatic carbocycles. The maximum atomic E-state index is 5.61. The standard InChI is InChI=1S/C9H6I2N2O/c10-6-4-2-1-3-5(6)8-7(11)9(12)13-14-8/h1-4H,(H2,12,13). The van der Waals surface area contributed by atoms with Crippen LogP contribution in [0, 0.1) is 7.14 Å². The summed E-state index contributed by atoms with van der Waals surface area (Å²) in [5.74, 6) is 1.19. The maximum absolute atomic E-state index is 5.61. The number of nitrogens with two attached hydrogens (primary N) is 1. The Bertz CT molecular complexity index is 468. The third-order valence-corrected chi connectivity index (χ3v) is 3.76. The van der Waals surface area contributed by atoms with Gasteiger partial charge in [-0.1, -0.05) is 23.4 Å². The first-order valence-corrected chi connectivity index (χ1v) is 6.01. The minimum Gasteiger partial charge on any atom is -0.380 e. The van der Waals surface area contributed by atoms with Gasteiger partial charge in [-0.2, -0.15) is 0 Å². The Labute approximate surface area is 108 Å². The van der Waals surface area contributed by atoms with Crippen LogP contribution in [-0.4, -0.2) is 5.16 Å². The van der Waals surface area contributed by atoms with Gasteiger partial charge < -0.3 is 10.3 Å². The van der Waals surface area contributed by atoms with E-state index >= 15 is 0 Å². The molecule has 0 unspecified atom stereocenters. The van der Waals surface area contributed by atoms with Crippen molar-refractivity contribution in [2.24, 2.45) is 0 Å². The highest BCUT2D eigenvalue weighted by atomic mass is 127. The molecule has 2 aromatic rings. The number of benzene rings is 1. The smallest absolute Gasteiger partial charge is 0.183 e. The van der Waals surface area contributed by atoms with Crippen LogP contribution in [0.4, 0.5) is 5.82 Å². The highest BCUT2D eigenvalue weighted by molar-refractivity contribution is 14.1. The fourth-order valence-electron chi connectivity index (χ4n) is 1.10. The summed E-state index contributed by atoms with van der Waals surface area (Å²) < 4.78 is 7.17. The van der Waals surface area contributed by atoms with E-state index < -0.39 is 0 Å². The summed E-state index contributed by atoms with van der Waals surface area (Å²) in [7, 11) is 0. The fraction of sp³-hybridized carbons (Fsp3) is 0. The normalized spacial score (nSPS) is 10.4. The van der Waals surface area contributed by atoms with Gasteiger partial charge in [0.2, 0.25) is 0 Å². The summed E-state index contributed by atoms with van der Waals surface area (Å²) in [6, 6.07) is 7.96. The molecule has 0 aliphatic carbocycles. The van der Waals surface area contributed by atoms with Crippen LogP contribution in [0.3, 0.4) is 0 Å². The van der Waals surface area contributed by atoms with E-state index in [0.29, 0.717) is 5.82 Å². The van der Waals surface area contributed by atoms with Crippen LogP contribution < -0.4 is 5.73 Å². The van der Waals surface area contributed by atoms with Crippen LogP contribution in [-0.2, 0) is 0 Å². The second-order valence-corrected chi connectivity index (χ2v) is 4.93. The van der Waals surface area contributed by atoms with Gasteiger partial charge in [0.25, 0.3) is 0 Å². The summed E-state index contributed by atoms with van der Waals surface area (Å²) in [5.41, 5.74) is 6.64. The third kappa shape index (κ3) is 1.74. The zero-order chi connectivity index (χ0) is 10.1. The lowest BCUT2D eigenvalue weighted by Crippen LogP contribution is -1.87. The molecule has 14 heavy (non-hydrogen) atoms. The van der Waals surface area contributed by atoms with E-state index in [-0.39, 0.29) is 0 Å². The molecule has 0 saturated heterocycles. The molecule has 0 spiro atoms. The first-order chi connectivity index (χ1) is 6.70. The molecule has 72 valence electrons. The molecule has 0 radical (unpaired) electrons. The first-order valence-electron chi connectivity index (χ1n) is 3.85. The van der Waals surface area contributed by atoms with Crippen LogP contribution >= 0.6 is 45.2 Å². The monoisotopic (exact) mass is 412 g/mol. The van der Waals surface area contributed by atoms with E-state index in [1.807, 2.05) is 24.3 Å². The minimum atomic E-state index is 0.445. The Morgan fingerprint density at radius 2 is 1.93 bits per heavy atom. The summed E-state index contributed by atoms with van der Waals surface area (Å²) >= 11 is 4.39. The van der Waals surface area contributed by atoms with Gasteiger partial charge in [-0.15, -0.1) is 0 Å². The van der Waals surface area contributed by atoms with Crippen LogP contribution in [0.15, 0.2) is 28.8 Å². The lowest BCUT2D eigenvalue weighted by atomic mass is 10.2. The molecular weight excluding hydrogens is 406 g/mol. The van der Waals surface area contributed by atoms with Crippen LogP contribution in [0.2, 0.25) is 0 Å². The quantitative estimate of drug-likeness (QED) is 0.733. The Morgan fingerprint density at radius 3 is 2.50 bits per heavy atom. The topological polar surface area (TPSA) is 52.0 Å². The van der Waals surface area contributed by atoms with Gasteiger partial charge in [0.15, 0.2) is 11.6 Å². The third-order valence-electron chi connectivity index (χ3n) is 1.78. The Balaban J connectivity index is 2.60. The van der Waals surface area contributed by atoms with Crippen molar-refractivity contribution in [2.75, 3.05) is 5.73 Å². The average molecular weight is 412 g/mol.